The van der Waals surface area contributed by atoms with Gasteiger partial charge in [-0.3, -0.25) is 0 Å². The van der Waals surface area contributed by atoms with E-state index in [1.807, 2.05) is 0 Å². The molecule has 0 saturated heterocycles. The van der Waals surface area contributed by atoms with Gasteiger partial charge in [-0.15, -0.1) is 0 Å². The second-order valence-corrected chi connectivity index (χ2v) is 5.92. The number of hydrogen-bond acceptors (Lipinski definition) is 2. The zero-order valence-electron chi connectivity index (χ0n) is 12.6. The van der Waals surface area contributed by atoms with Gasteiger partial charge in [0.1, 0.15) is 5.76 Å². The van der Waals surface area contributed by atoms with Crippen LogP contribution in [0.5, 0.6) is 0 Å². The Kier molecular flexibility index (Phi) is 3.79. The van der Waals surface area contributed by atoms with Crippen LogP contribution in [0.25, 0.3) is 11.5 Å². The first-order chi connectivity index (χ1) is 8.95. The summed E-state index contributed by atoms with van der Waals surface area (Å²) in [4.78, 5) is 4.59. The molecule has 0 radical (unpaired) electrons. The minimum Gasteiger partial charge on any atom is -0.441 e. The van der Waals surface area contributed by atoms with Crippen LogP contribution < -0.4 is 0 Å². The van der Waals surface area contributed by atoms with E-state index >= 15 is 0 Å². The van der Waals surface area contributed by atoms with Gasteiger partial charge < -0.3 is 4.42 Å². The highest BCUT2D eigenvalue weighted by Gasteiger charge is 2.15. The quantitative estimate of drug-likeness (QED) is 0.792. The first-order valence-electron chi connectivity index (χ1n) is 7.05. The van der Waals surface area contributed by atoms with Crippen molar-refractivity contribution in [2.75, 3.05) is 0 Å². The number of hydrogen-bond donors (Lipinski definition) is 0. The molecule has 0 N–H and O–H groups in total. The van der Waals surface area contributed by atoms with Gasteiger partial charge in [-0.05, 0) is 29.5 Å². The Balaban J connectivity index is 2.34. The fraction of sp³-hybridized carbons (Fsp3) is 0.471. The van der Waals surface area contributed by atoms with Gasteiger partial charge in [0, 0.05) is 12.0 Å². The molecule has 0 aliphatic rings. The van der Waals surface area contributed by atoms with Crippen LogP contribution in [0.2, 0.25) is 0 Å². The highest BCUT2D eigenvalue weighted by molar-refractivity contribution is 5.54. The van der Waals surface area contributed by atoms with Crippen LogP contribution in [-0.4, -0.2) is 4.98 Å². The third-order valence-corrected chi connectivity index (χ3v) is 3.43. The van der Waals surface area contributed by atoms with Crippen LogP contribution in [0, 0.1) is 0 Å². The van der Waals surface area contributed by atoms with Crippen LogP contribution in [-0.2, 0) is 18.3 Å². The zero-order chi connectivity index (χ0) is 14.0. The van der Waals surface area contributed by atoms with E-state index < -0.39 is 0 Å². The monoisotopic (exact) mass is 257 g/mol. The molecule has 0 spiro atoms. The smallest absolute Gasteiger partial charge is 0.226 e. The summed E-state index contributed by atoms with van der Waals surface area (Å²) in [5.41, 5.74) is 3.65. The first-order valence-corrected chi connectivity index (χ1v) is 7.05. The Labute approximate surface area is 115 Å². The van der Waals surface area contributed by atoms with Gasteiger partial charge in [0.05, 0.1) is 5.69 Å². The molecule has 102 valence electrons. The number of aromatic nitrogens is 1. The molecule has 2 heteroatoms. The second kappa shape index (κ2) is 5.20. The largest absolute Gasteiger partial charge is 0.441 e. The van der Waals surface area contributed by atoms with Crippen molar-refractivity contribution in [3.63, 3.8) is 0 Å². The van der Waals surface area contributed by atoms with Crippen molar-refractivity contribution < 1.29 is 4.42 Å². The molecule has 0 fully saturated rings. The molecule has 0 bridgehead atoms. The average Bonchev–Trinajstić information content (AvgIpc) is 2.81. The molecule has 1 aromatic carbocycles. The highest BCUT2D eigenvalue weighted by Crippen LogP contribution is 2.27. The normalized spacial score (nSPS) is 11.8. The Morgan fingerprint density at radius 3 is 2.05 bits per heavy atom. The van der Waals surface area contributed by atoms with Crippen LogP contribution >= 0.6 is 0 Å². The Bertz CT molecular complexity index is 522. The number of nitrogens with zero attached hydrogens (tertiary/aromatic N) is 1. The molecule has 2 nitrogen and oxygen atoms in total. The van der Waals surface area contributed by atoms with E-state index in [-0.39, 0.29) is 5.41 Å². The SMILES string of the molecule is CCc1nc(-c2ccc(C(C)(C)C)cc2)oc1CC. The summed E-state index contributed by atoms with van der Waals surface area (Å²) in [6.45, 7) is 10.9. The molecular formula is C17H23NO. The van der Waals surface area contributed by atoms with Gasteiger partial charge in [0.2, 0.25) is 5.89 Å². The summed E-state index contributed by atoms with van der Waals surface area (Å²) < 4.78 is 5.86. The molecule has 0 aliphatic carbocycles. The maximum absolute atomic E-state index is 5.86. The molecule has 2 aromatic rings. The van der Waals surface area contributed by atoms with Crippen LogP contribution in [0.4, 0.5) is 0 Å². The summed E-state index contributed by atoms with van der Waals surface area (Å²) in [7, 11) is 0. The second-order valence-electron chi connectivity index (χ2n) is 5.92. The number of benzene rings is 1. The van der Waals surface area contributed by atoms with Crippen molar-refractivity contribution in [3.8, 4) is 11.5 Å². The minimum absolute atomic E-state index is 0.179. The summed E-state index contributed by atoms with van der Waals surface area (Å²) in [5, 5.41) is 0. The van der Waals surface area contributed by atoms with Gasteiger partial charge in [-0.1, -0.05) is 46.8 Å². The topological polar surface area (TPSA) is 26.0 Å². The Hall–Kier alpha value is -1.57. The van der Waals surface area contributed by atoms with E-state index in [0.717, 1.165) is 35.7 Å². The van der Waals surface area contributed by atoms with Crippen molar-refractivity contribution in [3.05, 3.63) is 41.3 Å². The molecule has 0 saturated carbocycles. The van der Waals surface area contributed by atoms with Gasteiger partial charge in [-0.2, -0.15) is 0 Å². The molecule has 0 unspecified atom stereocenters. The predicted molar refractivity (Wildman–Crippen MR) is 79.4 cm³/mol. The lowest BCUT2D eigenvalue weighted by atomic mass is 9.87. The predicted octanol–water partition coefficient (Wildman–Crippen LogP) is 4.76. The van der Waals surface area contributed by atoms with E-state index in [1.165, 1.54) is 5.56 Å². The maximum atomic E-state index is 5.86. The lowest BCUT2D eigenvalue weighted by Gasteiger charge is -2.18. The maximum Gasteiger partial charge on any atom is 0.226 e. The van der Waals surface area contributed by atoms with Crippen molar-refractivity contribution in [2.45, 2.75) is 52.9 Å². The average molecular weight is 257 g/mol. The number of oxazole rings is 1. The molecule has 0 aliphatic heterocycles. The fourth-order valence-corrected chi connectivity index (χ4v) is 2.17. The number of rotatable bonds is 3. The van der Waals surface area contributed by atoms with Gasteiger partial charge in [0.25, 0.3) is 0 Å². The first kappa shape index (κ1) is 13.9. The lowest BCUT2D eigenvalue weighted by Crippen LogP contribution is -2.10. The van der Waals surface area contributed by atoms with Gasteiger partial charge in [0.15, 0.2) is 0 Å². The summed E-state index contributed by atoms with van der Waals surface area (Å²) in [5.74, 6) is 1.76. The molecule has 0 atom stereocenters. The van der Waals surface area contributed by atoms with Gasteiger partial charge in [-0.25, -0.2) is 4.98 Å². The summed E-state index contributed by atoms with van der Waals surface area (Å²) >= 11 is 0. The van der Waals surface area contributed by atoms with Crippen molar-refractivity contribution in [1.29, 1.82) is 0 Å². The van der Waals surface area contributed by atoms with Crippen LogP contribution in [0.15, 0.2) is 28.7 Å². The lowest BCUT2D eigenvalue weighted by molar-refractivity contribution is 0.521. The van der Waals surface area contributed by atoms with Crippen LogP contribution in [0.3, 0.4) is 0 Å². The van der Waals surface area contributed by atoms with Crippen LogP contribution in [0.1, 0.15) is 51.6 Å². The van der Waals surface area contributed by atoms with Crippen molar-refractivity contribution in [1.82, 2.24) is 4.98 Å². The van der Waals surface area contributed by atoms with E-state index in [2.05, 4.69) is 63.9 Å². The van der Waals surface area contributed by atoms with Crippen molar-refractivity contribution >= 4 is 0 Å². The Morgan fingerprint density at radius 1 is 1.00 bits per heavy atom. The third kappa shape index (κ3) is 2.89. The molecule has 1 aromatic heterocycles. The van der Waals surface area contributed by atoms with E-state index in [1.54, 1.807) is 0 Å². The van der Waals surface area contributed by atoms with Crippen molar-refractivity contribution in [2.24, 2.45) is 0 Å². The standard InChI is InChI=1S/C17H23NO/c1-6-14-15(7-2)19-16(18-14)12-8-10-13(11-9-12)17(3,4)5/h8-11H,6-7H2,1-5H3. The number of aryl methyl sites for hydroxylation is 2. The Morgan fingerprint density at radius 2 is 1.63 bits per heavy atom. The van der Waals surface area contributed by atoms with E-state index in [0.29, 0.717) is 0 Å². The summed E-state index contributed by atoms with van der Waals surface area (Å²) in [6, 6.07) is 8.53. The minimum atomic E-state index is 0.179. The third-order valence-electron chi connectivity index (χ3n) is 3.43. The van der Waals surface area contributed by atoms with E-state index in [9.17, 15) is 0 Å². The fourth-order valence-electron chi connectivity index (χ4n) is 2.17. The van der Waals surface area contributed by atoms with Gasteiger partial charge >= 0.3 is 0 Å². The zero-order valence-corrected chi connectivity index (χ0v) is 12.6. The molecule has 0 amide bonds. The molecular weight excluding hydrogens is 234 g/mol. The van der Waals surface area contributed by atoms with E-state index in [4.69, 9.17) is 4.42 Å². The summed E-state index contributed by atoms with van der Waals surface area (Å²) in [6.07, 6.45) is 1.82. The molecule has 19 heavy (non-hydrogen) atoms. The molecule has 2 rings (SSSR count). The molecule has 1 heterocycles. The highest BCUT2D eigenvalue weighted by atomic mass is 16.4.